The number of carbonyl (C=O) groups excluding carboxylic acids is 1. The molecule has 0 saturated carbocycles. The van der Waals surface area contributed by atoms with Crippen molar-refractivity contribution in [1.82, 2.24) is 18.7 Å². The summed E-state index contributed by atoms with van der Waals surface area (Å²) in [7, 11) is 0. The van der Waals surface area contributed by atoms with Crippen LogP contribution in [0, 0.1) is 6.92 Å². The predicted molar refractivity (Wildman–Crippen MR) is 125 cm³/mol. The Balaban J connectivity index is 1.26. The molecule has 2 N–H and O–H groups in total. The lowest BCUT2D eigenvalue weighted by Gasteiger charge is -2.28. The lowest BCUT2D eigenvalue weighted by atomic mass is 10.2. The molecule has 3 heterocycles. The van der Waals surface area contributed by atoms with Crippen LogP contribution in [0.4, 0.5) is 23.1 Å². The summed E-state index contributed by atoms with van der Waals surface area (Å²) in [6, 6.07) is 14.7. The van der Waals surface area contributed by atoms with Crippen LogP contribution in [0.15, 0.2) is 48.5 Å². The fraction of sp³-hybridized carbons (Fsp3) is 0.227. The van der Waals surface area contributed by atoms with E-state index in [4.69, 9.17) is 4.74 Å². The lowest BCUT2D eigenvalue weighted by Crippen LogP contribution is -2.36. The number of carbonyl (C=O) groups is 1. The van der Waals surface area contributed by atoms with E-state index in [2.05, 4.69) is 34.2 Å². The van der Waals surface area contributed by atoms with Crippen LogP contribution < -0.4 is 15.5 Å². The van der Waals surface area contributed by atoms with Crippen LogP contribution in [0.1, 0.15) is 16.1 Å². The smallest absolute Gasteiger partial charge is 0.255 e. The molecule has 5 rings (SSSR count). The number of amides is 1. The summed E-state index contributed by atoms with van der Waals surface area (Å²) in [5.74, 6) is 1.23. The van der Waals surface area contributed by atoms with E-state index in [-0.39, 0.29) is 5.91 Å². The maximum absolute atomic E-state index is 12.6. The largest absolute Gasteiger partial charge is 0.378 e. The summed E-state index contributed by atoms with van der Waals surface area (Å²) >= 11 is 1.13. The first-order valence-corrected chi connectivity index (χ1v) is 11.0. The minimum Gasteiger partial charge on any atom is -0.378 e. The molecule has 1 fully saturated rings. The van der Waals surface area contributed by atoms with E-state index in [0.29, 0.717) is 30.4 Å². The number of rotatable bonds is 5. The van der Waals surface area contributed by atoms with Gasteiger partial charge in [0.25, 0.3) is 5.91 Å². The van der Waals surface area contributed by atoms with E-state index in [9.17, 15) is 4.79 Å². The van der Waals surface area contributed by atoms with Gasteiger partial charge in [0.05, 0.1) is 24.9 Å². The number of hydrogen-bond acceptors (Lipinski definition) is 9. The number of ether oxygens (including phenoxy) is 1. The Labute approximate surface area is 188 Å². The average Bonchev–Trinajstić information content (AvgIpc) is 3.28. The highest BCUT2D eigenvalue weighted by molar-refractivity contribution is 7.00. The third kappa shape index (κ3) is 4.51. The molecule has 162 valence electrons. The summed E-state index contributed by atoms with van der Waals surface area (Å²) in [5, 5.41) is 6.15. The SMILES string of the molecule is Cc1cc(N2CCOCC2)nc(Nc2ccc(NC(=O)c3ccc4nsnc4c3)cc2)n1. The molecule has 1 aliphatic rings. The van der Waals surface area contributed by atoms with Gasteiger partial charge in [-0.15, -0.1) is 0 Å². The Hall–Kier alpha value is -3.63. The number of aryl methyl sites for hydroxylation is 1. The van der Waals surface area contributed by atoms with Crippen molar-refractivity contribution in [1.29, 1.82) is 0 Å². The van der Waals surface area contributed by atoms with Crippen LogP contribution in [-0.2, 0) is 4.74 Å². The molecule has 4 aromatic rings. The molecular formula is C22H21N7O2S. The standard InChI is InChI=1S/C22H21N7O2S/c1-14-12-20(29-8-10-31-11-9-29)26-22(23-14)25-17-5-3-16(4-6-17)24-21(30)15-2-7-18-19(13-15)28-32-27-18/h2-7,12-13H,8-11H2,1H3,(H,24,30)(H,23,25,26). The van der Waals surface area contributed by atoms with Gasteiger partial charge in [0.15, 0.2) is 0 Å². The molecule has 0 unspecified atom stereocenters. The van der Waals surface area contributed by atoms with E-state index < -0.39 is 0 Å². The van der Waals surface area contributed by atoms with Crippen molar-refractivity contribution < 1.29 is 9.53 Å². The second-order valence-corrected chi connectivity index (χ2v) is 7.94. The topological polar surface area (TPSA) is 105 Å². The van der Waals surface area contributed by atoms with E-state index in [1.807, 2.05) is 37.3 Å². The van der Waals surface area contributed by atoms with Crippen molar-refractivity contribution in [3.63, 3.8) is 0 Å². The monoisotopic (exact) mass is 447 g/mol. The average molecular weight is 448 g/mol. The molecule has 1 aliphatic heterocycles. The van der Waals surface area contributed by atoms with Crippen molar-refractivity contribution in [3.8, 4) is 0 Å². The number of morpholine rings is 1. The number of nitrogens with one attached hydrogen (secondary N) is 2. The molecule has 0 bridgehead atoms. The van der Waals surface area contributed by atoms with Crippen molar-refractivity contribution in [2.75, 3.05) is 41.8 Å². The second-order valence-electron chi connectivity index (χ2n) is 7.41. The number of anilines is 4. The quantitative estimate of drug-likeness (QED) is 0.478. The molecule has 0 atom stereocenters. The van der Waals surface area contributed by atoms with E-state index >= 15 is 0 Å². The Bertz CT molecular complexity index is 1250. The lowest BCUT2D eigenvalue weighted by molar-refractivity contribution is 0.102. The minimum absolute atomic E-state index is 0.197. The zero-order valence-electron chi connectivity index (χ0n) is 17.4. The predicted octanol–water partition coefficient (Wildman–Crippen LogP) is 3.62. The molecule has 1 amide bonds. The fourth-order valence-corrected chi connectivity index (χ4v) is 3.97. The first kappa shape index (κ1) is 20.3. The van der Waals surface area contributed by atoms with Gasteiger partial charge in [0.1, 0.15) is 16.9 Å². The van der Waals surface area contributed by atoms with Gasteiger partial charge in [-0.1, -0.05) is 0 Å². The normalized spacial score (nSPS) is 13.8. The van der Waals surface area contributed by atoms with Crippen molar-refractivity contribution in [2.45, 2.75) is 6.92 Å². The van der Waals surface area contributed by atoms with Crippen LogP contribution in [0.2, 0.25) is 0 Å². The molecular weight excluding hydrogens is 426 g/mol. The van der Waals surface area contributed by atoms with Gasteiger partial charge in [-0.2, -0.15) is 13.7 Å². The van der Waals surface area contributed by atoms with Crippen molar-refractivity contribution in [2.24, 2.45) is 0 Å². The maximum Gasteiger partial charge on any atom is 0.255 e. The molecule has 0 spiro atoms. The number of benzene rings is 2. The minimum atomic E-state index is -0.197. The summed E-state index contributed by atoms with van der Waals surface area (Å²) in [5.41, 5.74) is 4.46. The van der Waals surface area contributed by atoms with Crippen molar-refractivity contribution in [3.05, 3.63) is 59.8 Å². The van der Waals surface area contributed by atoms with Gasteiger partial charge >= 0.3 is 0 Å². The number of hydrogen-bond donors (Lipinski definition) is 2. The van der Waals surface area contributed by atoms with E-state index in [1.165, 1.54) is 0 Å². The molecule has 2 aromatic carbocycles. The first-order chi connectivity index (χ1) is 15.6. The van der Waals surface area contributed by atoms with Crippen LogP contribution in [-0.4, -0.2) is 50.9 Å². The third-order valence-corrected chi connectivity index (χ3v) is 5.65. The van der Waals surface area contributed by atoms with Crippen LogP contribution in [0.25, 0.3) is 11.0 Å². The highest BCUT2D eigenvalue weighted by Gasteiger charge is 2.14. The van der Waals surface area contributed by atoms with Gasteiger partial charge in [-0.25, -0.2) is 4.98 Å². The molecule has 0 aliphatic carbocycles. The number of fused-ring (bicyclic) bond motifs is 1. The van der Waals surface area contributed by atoms with Gasteiger partial charge in [0, 0.05) is 41.8 Å². The Morgan fingerprint density at radius 3 is 2.53 bits per heavy atom. The van der Waals surface area contributed by atoms with Crippen LogP contribution >= 0.6 is 11.7 Å². The van der Waals surface area contributed by atoms with E-state index in [0.717, 1.165) is 53.1 Å². The Kier molecular flexibility index (Phi) is 5.61. The molecule has 32 heavy (non-hydrogen) atoms. The summed E-state index contributed by atoms with van der Waals surface area (Å²) in [6.45, 7) is 4.99. The third-order valence-electron chi connectivity index (χ3n) is 5.09. The Morgan fingerprint density at radius 2 is 1.72 bits per heavy atom. The molecule has 9 nitrogen and oxygen atoms in total. The molecule has 10 heteroatoms. The molecule has 0 radical (unpaired) electrons. The van der Waals surface area contributed by atoms with Gasteiger partial charge in [0.2, 0.25) is 5.95 Å². The maximum atomic E-state index is 12.6. The second kappa shape index (κ2) is 8.85. The van der Waals surface area contributed by atoms with Gasteiger partial charge in [-0.05, 0) is 49.4 Å². The van der Waals surface area contributed by atoms with Gasteiger partial charge < -0.3 is 20.3 Å². The highest BCUT2D eigenvalue weighted by Crippen LogP contribution is 2.21. The first-order valence-electron chi connectivity index (χ1n) is 10.2. The van der Waals surface area contributed by atoms with E-state index in [1.54, 1.807) is 18.2 Å². The molecule has 1 saturated heterocycles. The fourth-order valence-electron chi connectivity index (χ4n) is 3.45. The van der Waals surface area contributed by atoms with Crippen molar-refractivity contribution >= 4 is 51.8 Å². The highest BCUT2D eigenvalue weighted by atomic mass is 32.1. The Morgan fingerprint density at radius 1 is 0.969 bits per heavy atom. The zero-order chi connectivity index (χ0) is 21.9. The number of nitrogens with zero attached hydrogens (tertiary/aromatic N) is 5. The molecule has 2 aromatic heterocycles. The number of aromatic nitrogens is 4. The summed E-state index contributed by atoms with van der Waals surface area (Å²) in [4.78, 5) is 23.9. The summed E-state index contributed by atoms with van der Waals surface area (Å²) in [6.07, 6.45) is 0. The summed E-state index contributed by atoms with van der Waals surface area (Å²) < 4.78 is 13.8. The zero-order valence-corrected chi connectivity index (χ0v) is 18.2. The van der Waals surface area contributed by atoms with Crippen LogP contribution in [0.5, 0.6) is 0 Å². The van der Waals surface area contributed by atoms with Crippen LogP contribution in [0.3, 0.4) is 0 Å². The van der Waals surface area contributed by atoms with Gasteiger partial charge in [-0.3, -0.25) is 4.79 Å².